The topological polar surface area (TPSA) is 62.1 Å². The number of rotatable bonds is 2. The van der Waals surface area contributed by atoms with Gasteiger partial charge in [-0.1, -0.05) is 11.6 Å². The van der Waals surface area contributed by atoms with Gasteiger partial charge in [0.05, 0.1) is 12.8 Å². The first-order chi connectivity index (χ1) is 6.13. The minimum absolute atomic E-state index is 0.398. The lowest BCUT2D eigenvalue weighted by Gasteiger charge is -2.07. The molecule has 5 heteroatoms. The van der Waals surface area contributed by atoms with Crippen molar-refractivity contribution in [2.75, 3.05) is 12.4 Å². The smallest absolute Gasteiger partial charge is 0.338 e. The summed E-state index contributed by atoms with van der Waals surface area (Å²) in [6.07, 6.45) is 0. The van der Waals surface area contributed by atoms with Gasteiger partial charge in [0, 0.05) is 5.02 Å². The molecule has 0 heterocycles. The number of methoxy groups -OCH3 is 1. The maximum atomic E-state index is 10.4. The van der Waals surface area contributed by atoms with E-state index < -0.39 is 6.03 Å². The average molecular weight is 200 g/mol. The summed E-state index contributed by atoms with van der Waals surface area (Å²) < 4.78 is 4.94. The zero-order valence-corrected chi connectivity index (χ0v) is 7.68. The molecule has 0 saturated heterocycles. The summed E-state index contributed by atoms with van der Waals surface area (Å²) in [6.45, 7) is 0. The predicted octanol–water partition coefficient (Wildman–Crippen LogP) is 2.16. The van der Waals surface area contributed by atoms with Gasteiger partial charge in [0.1, 0.15) is 5.75 Å². The summed E-state index contributed by atoms with van der Waals surface area (Å²) in [6, 6.07) is 3.88. The fraction of sp³-hybridized carbons (Fsp3) is 0.125. The van der Waals surface area contributed by atoms with Crippen molar-refractivity contribution in [1.82, 2.24) is 5.73 Å². The Morgan fingerprint density at radius 2 is 2.31 bits per heavy atom. The number of anilines is 1. The lowest BCUT2D eigenvalue weighted by molar-refractivity contribution is 0.258. The number of carbonyl (C=O) groups excluding carboxylic acids is 1. The number of amides is 2. The zero-order chi connectivity index (χ0) is 9.84. The van der Waals surface area contributed by atoms with Crippen LogP contribution in [0.1, 0.15) is 0 Å². The SMILES string of the molecule is COc1ccc(Cl)cc1NC([NH])=O. The lowest BCUT2D eigenvalue weighted by Crippen LogP contribution is -2.10. The third-order valence-electron chi connectivity index (χ3n) is 1.41. The maximum Gasteiger partial charge on any atom is 0.338 e. The fourth-order valence-electron chi connectivity index (χ4n) is 0.900. The molecule has 0 bridgehead atoms. The molecule has 1 aromatic carbocycles. The first kappa shape index (κ1) is 9.67. The monoisotopic (exact) mass is 199 g/mol. The Hall–Kier alpha value is -1.42. The standard InChI is InChI=1S/C8H8ClN2O2/c1-13-7-3-2-5(9)4-6(7)11-8(10)12/h2-4,10H,1H3,(H,11,12). The largest absolute Gasteiger partial charge is 0.495 e. The molecule has 2 amide bonds. The van der Waals surface area contributed by atoms with E-state index in [0.717, 1.165) is 0 Å². The third-order valence-corrected chi connectivity index (χ3v) is 1.64. The van der Waals surface area contributed by atoms with E-state index in [-0.39, 0.29) is 0 Å². The van der Waals surface area contributed by atoms with Gasteiger partial charge in [-0.25, -0.2) is 10.5 Å². The molecule has 0 aliphatic heterocycles. The average Bonchev–Trinajstić information content (AvgIpc) is 2.03. The molecule has 0 aliphatic rings. The van der Waals surface area contributed by atoms with Crippen LogP contribution in [0.15, 0.2) is 18.2 Å². The van der Waals surface area contributed by atoms with Crippen LogP contribution >= 0.6 is 11.6 Å². The second kappa shape index (κ2) is 4.00. The molecule has 0 spiro atoms. The maximum absolute atomic E-state index is 10.4. The normalized spacial score (nSPS) is 9.38. The van der Waals surface area contributed by atoms with Crippen LogP contribution in [-0.2, 0) is 0 Å². The van der Waals surface area contributed by atoms with Crippen LogP contribution in [0.4, 0.5) is 10.5 Å². The number of urea groups is 1. The Bertz CT molecular complexity index is 328. The Labute approximate surface area is 80.6 Å². The van der Waals surface area contributed by atoms with Crippen molar-refractivity contribution in [3.63, 3.8) is 0 Å². The highest BCUT2D eigenvalue weighted by Gasteiger charge is 2.05. The van der Waals surface area contributed by atoms with E-state index in [4.69, 9.17) is 22.1 Å². The molecule has 69 valence electrons. The van der Waals surface area contributed by atoms with Crippen molar-refractivity contribution in [3.05, 3.63) is 23.2 Å². The summed E-state index contributed by atoms with van der Waals surface area (Å²) >= 11 is 5.69. The van der Waals surface area contributed by atoms with E-state index in [9.17, 15) is 4.79 Å². The molecule has 1 radical (unpaired) electrons. The summed E-state index contributed by atoms with van der Waals surface area (Å²) in [4.78, 5) is 10.4. The van der Waals surface area contributed by atoms with Gasteiger partial charge in [-0.15, -0.1) is 0 Å². The molecule has 1 rings (SSSR count). The molecule has 0 atom stereocenters. The van der Waals surface area contributed by atoms with Gasteiger partial charge >= 0.3 is 6.03 Å². The van der Waals surface area contributed by atoms with Gasteiger partial charge in [0.2, 0.25) is 0 Å². The Morgan fingerprint density at radius 1 is 1.62 bits per heavy atom. The molecule has 0 unspecified atom stereocenters. The van der Waals surface area contributed by atoms with Crippen LogP contribution in [0.2, 0.25) is 5.02 Å². The highest BCUT2D eigenvalue weighted by Crippen LogP contribution is 2.27. The zero-order valence-electron chi connectivity index (χ0n) is 6.93. The van der Waals surface area contributed by atoms with Crippen LogP contribution in [0, 0.1) is 0 Å². The molecule has 0 saturated carbocycles. The Balaban J connectivity index is 3.01. The minimum Gasteiger partial charge on any atom is -0.495 e. The summed E-state index contributed by atoms with van der Waals surface area (Å²) in [5.41, 5.74) is 7.11. The molecule has 0 fully saturated rings. The molecule has 13 heavy (non-hydrogen) atoms. The summed E-state index contributed by atoms with van der Waals surface area (Å²) in [5.74, 6) is 0.477. The third kappa shape index (κ3) is 2.52. The Morgan fingerprint density at radius 3 is 2.85 bits per heavy atom. The number of hydrogen-bond acceptors (Lipinski definition) is 2. The van der Waals surface area contributed by atoms with Gasteiger partial charge in [-0.3, -0.25) is 0 Å². The summed E-state index contributed by atoms with van der Waals surface area (Å²) in [7, 11) is 1.48. The Kier molecular flexibility index (Phi) is 2.97. The van der Waals surface area contributed by atoms with E-state index in [0.29, 0.717) is 16.5 Å². The van der Waals surface area contributed by atoms with Crippen molar-refractivity contribution in [2.45, 2.75) is 0 Å². The number of benzene rings is 1. The molecule has 0 aromatic heterocycles. The quantitative estimate of drug-likeness (QED) is 0.794. The summed E-state index contributed by atoms with van der Waals surface area (Å²) in [5, 5.41) is 2.76. The fourth-order valence-corrected chi connectivity index (χ4v) is 1.07. The number of ether oxygens (including phenoxy) is 1. The van der Waals surface area contributed by atoms with E-state index >= 15 is 0 Å². The van der Waals surface area contributed by atoms with Crippen LogP contribution in [-0.4, -0.2) is 13.1 Å². The second-order valence-corrected chi connectivity index (χ2v) is 2.74. The van der Waals surface area contributed by atoms with Gasteiger partial charge in [0.15, 0.2) is 0 Å². The van der Waals surface area contributed by atoms with Crippen LogP contribution in [0.3, 0.4) is 0 Å². The lowest BCUT2D eigenvalue weighted by atomic mass is 10.3. The predicted molar refractivity (Wildman–Crippen MR) is 50.1 cm³/mol. The van der Waals surface area contributed by atoms with Crippen LogP contribution < -0.4 is 15.8 Å². The van der Waals surface area contributed by atoms with Crippen molar-refractivity contribution < 1.29 is 9.53 Å². The van der Waals surface area contributed by atoms with Crippen molar-refractivity contribution in [1.29, 1.82) is 0 Å². The number of halogens is 1. The van der Waals surface area contributed by atoms with E-state index in [1.54, 1.807) is 12.1 Å². The van der Waals surface area contributed by atoms with Crippen LogP contribution in [0.5, 0.6) is 5.75 Å². The highest BCUT2D eigenvalue weighted by atomic mass is 35.5. The molecule has 0 aliphatic carbocycles. The van der Waals surface area contributed by atoms with E-state index in [2.05, 4.69) is 5.32 Å². The highest BCUT2D eigenvalue weighted by molar-refractivity contribution is 6.31. The van der Waals surface area contributed by atoms with E-state index in [1.165, 1.54) is 13.2 Å². The first-order valence-electron chi connectivity index (χ1n) is 3.49. The van der Waals surface area contributed by atoms with Gasteiger partial charge in [-0.05, 0) is 18.2 Å². The molecule has 2 N–H and O–H groups in total. The molecule has 4 nitrogen and oxygen atoms in total. The number of hydrogen-bond donors (Lipinski definition) is 1. The number of carbonyl (C=O) groups is 1. The second-order valence-electron chi connectivity index (χ2n) is 2.30. The van der Waals surface area contributed by atoms with Crippen molar-refractivity contribution in [3.8, 4) is 5.75 Å². The van der Waals surface area contributed by atoms with Gasteiger partial charge in [-0.2, -0.15) is 0 Å². The number of nitrogens with one attached hydrogen (secondary N) is 2. The van der Waals surface area contributed by atoms with Crippen molar-refractivity contribution >= 4 is 23.3 Å². The molecular weight excluding hydrogens is 192 g/mol. The van der Waals surface area contributed by atoms with Gasteiger partial charge < -0.3 is 10.1 Å². The van der Waals surface area contributed by atoms with Crippen molar-refractivity contribution in [2.24, 2.45) is 0 Å². The van der Waals surface area contributed by atoms with Gasteiger partial charge in [0.25, 0.3) is 0 Å². The molecular formula is C8H8ClN2O2. The van der Waals surface area contributed by atoms with Crippen LogP contribution in [0.25, 0.3) is 0 Å². The molecule has 1 aromatic rings. The van der Waals surface area contributed by atoms with E-state index in [1.807, 2.05) is 0 Å². The first-order valence-corrected chi connectivity index (χ1v) is 3.87. The minimum atomic E-state index is -0.902.